The van der Waals surface area contributed by atoms with Crippen LogP contribution >= 0.6 is 11.3 Å². The summed E-state index contributed by atoms with van der Waals surface area (Å²) < 4.78 is 2.09. The maximum atomic E-state index is 12.6. The molecular weight excluding hydrogens is 322 g/mol. The van der Waals surface area contributed by atoms with Crippen LogP contribution in [0.4, 0.5) is 0 Å². The fourth-order valence-corrected chi connectivity index (χ4v) is 3.68. The first-order valence-electron chi connectivity index (χ1n) is 7.95. The van der Waals surface area contributed by atoms with Crippen LogP contribution in [0, 0.1) is 0 Å². The van der Waals surface area contributed by atoms with E-state index in [1.54, 1.807) is 10.3 Å². The van der Waals surface area contributed by atoms with Crippen molar-refractivity contribution in [2.45, 2.75) is 19.9 Å². The molecule has 0 saturated carbocycles. The summed E-state index contributed by atoms with van der Waals surface area (Å²) in [7, 11) is 2.01. The van der Waals surface area contributed by atoms with Crippen LogP contribution in [-0.4, -0.2) is 44.7 Å². The van der Waals surface area contributed by atoms with E-state index in [4.69, 9.17) is 5.11 Å². The molecule has 0 saturated heterocycles. The van der Waals surface area contributed by atoms with Gasteiger partial charge in [0.05, 0.1) is 12.3 Å². The second kappa shape index (κ2) is 6.75. The first-order valence-corrected chi connectivity index (χ1v) is 8.83. The number of hydrogen-bond donors (Lipinski definition) is 1. The Labute approximate surface area is 145 Å². The number of aliphatic hydroxyl groups excluding tert-OH is 1. The number of benzene rings is 1. The number of thiazole rings is 1. The quantitative estimate of drug-likeness (QED) is 0.774. The van der Waals surface area contributed by atoms with E-state index in [2.05, 4.69) is 27.8 Å². The van der Waals surface area contributed by atoms with E-state index in [-0.39, 0.29) is 18.6 Å². The van der Waals surface area contributed by atoms with Gasteiger partial charge in [0.15, 0.2) is 0 Å². The minimum atomic E-state index is -0.139. The van der Waals surface area contributed by atoms with Crippen LogP contribution in [0.5, 0.6) is 0 Å². The molecule has 1 aromatic carbocycles. The summed E-state index contributed by atoms with van der Waals surface area (Å²) in [5, 5.41) is 12.9. The van der Waals surface area contributed by atoms with Crippen molar-refractivity contribution in [1.29, 1.82) is 0 Å². The minimum Gasteiger partial charge on any atom is -0.395 e. The molecule has 0 fully saturated rings. The molecule has 0 spiro atoms. The van der Waals surface area contributed by atoms with Gasteiger partial charge in [0.2, 0.25) is 0 Å². The molecule has 24 heavy (non-hydrogen) atoms. The normalized spacial score (nSPS) is 11.4. The third-order valence-corrected chi connectivity index (χ3v) is 4.98. The highest BCUT2D eigenvalue weighted by Gasteiger charge is 2.22. The van der Waals surface area contributed by atoms with Crippen LogP contribution in [0.1, 0.15) is 24.3 Å². The second-order valence-electron chi connectivity index (χ2n) is 6.00. The number of amides is 1. The van der Waals surface area contributed by atoms with Crippen molar-refractivity contribution in [3.63, 3.8) is 0 Å². The third kappa shape index (κ3) is 2.95. The van der Waals surface area contributed by atoms with Crippen LogP contribution in [-0.2, 0) is 7.05 Å². The Bertz CT molecular complexity index is 866. The SMILES string of the molecule is CC(C)N(CCO)C(=O)c1csc(-c2cc3ccccc3n2C)n1. The fraction of sp³-hybridized carbons (Fsp3) is 0.333. The smallest absolute Gasteiger partial charge is 0.273 e. The molecule has 0 aliphatic rings. The van der Waals surface area contributed by atoms with Gasteiger partial charge in [0, 0.05) is 35.9 Å². The molecule has 0 radical (unpaired) electrons. The van der Waals surface area contributed by atoms with Crippen molar-refractivity contribution in [3.05, 3.63) is 41.4 Å². The highest BCUT2D eigenvalue weighted by Crippen LogP contribution is 2.29. The van der Waals surface area contributed by atoms with E-state index in [0.29, 0.717) is 12.2 Å². The van der Waals surface area contributed by atoms with Crippen LogP contribution in [0.15, 0.2) is 35.7 Å². The summed E-state index contributed by atoms with van der Waals surface area (Å²) in [5.74, 6) is -0.139. The molecule has 0 atom stereocenters. The zero-order chi connectivity index (χ0) is 17.3. The van der Waals surface area contributed by atoms with Crippen LogP contribution in [0.3, 0.4) is 0 Å². The molecule has 2 aromatic heterocycles. The highest BCUT2D eigenvalue weighted by atomic mass is 32.1. The first-order chi connectivity index (χ1) is 11.5. The van der Waals surface area contributed by atoms with E-state index < -0.39 is 0 Å². The molecule has 0 aliphatic carbocycles. The van der Waals surface area contributed by atoms with Gasteiger partial charge in [0.25, 0.3) is 5.91 Å². The Morgan fingerprint density at radius 1 is 1.38 bits per heavy atom. The summed E-state index contributed by atoms with van der Waals surface area (Å²) in [6.07, 6.45) is 0. The Balaban J connectivity index is 1.95. The van der Waals surface area contributed by atoms with Gasteiger partial charge in [-0.15, -0.1) is 11.3 Å². The van der Waals surface area contributed by atoms with Gasteiger partial charge in [-0.2, -0.15) is 0 Å². The molecule has 0 aliphatic heterocycles. The van der Waals surface area contributed by atoms with E-state index in [9.17, 15) is 4.79 Å². The number of aryl methyl sites for hydroxylation is 1. The standard InChI is InChI=1S/C18H21N3O2S/c1-12(2)21(8-9-22)18(23)14-11-24-17(19-14)16-10-13-6-4-5-7-15(13)20(16)3/h4-7,10-12,22H,8-9H2,1-3H3. The van der Waals surface area contributed by atoms with Gasteiger partial charge >= 0.3 is 0 Å². The number of carbonyl (C=O) groups is 1. The predicted octanol–water partition coefficient (Wildman–Crippen LogP) is 3.14. The third-order valence-electron chi connectivity index (χ3n) is 4.12. The van der Waals surface area contributed by atoms with Crippen molar-refractivity contribution in [2.24, 2.45) is 7.05 Å². The van der Waals surface area contributed by atoms with Gasteiger partial charge in [-0.1, -0.05) is 18.2 Å². The average Bonchev–Trinajstić information content (AvgIpc) is 3.17. The lowest BCUT2D eigenvalue weighted by Gasteiger charge is -2.24. The van der Waals surface area contributed by atoms with Crippen molar-refractivity contribution in [3.8, 4) is 10.7 Å². The number of aromatic nitrogens is 2. The van der Waals surface area contributed by atoms with Gasteiger partial charge in [-0.05, 0) is 26.0 Å². The van der Waals surface area contributed by atoms with Gasteiger partial charge in [-0.25, -0.2) is 4.98 Å². The van der Waals surface area contributed by atoms with E-state index in [1.165, 1.54) is 11.3 Å². The maximum Gasteiger partial charge on any atom is 0.273 e. The average molecular weight is 343 g/mol. The number of rotatable bonds is 5. The van der Waals surface area contributed by atoms with Crippen molar-refractivity contribution in [2.75, 3.05) is 13.2 Å². The molecule has 3 rings (SSSR count). The maximum absolute atomic E-state index is 12.6. The predicted molar refractivity (Wildman–Crippen MR) is 97.3 cm³/mol. The topological polar surface area (TPSA) is 58.4 Å². The lowest BCUT2D eigenvalue weighted by atomic mass is 10.2. The number of nitrogens with zero attached hydrogens (tertiary/aromatic N) is 3. The number of hydrogen-bond acceptors (Lipinski definition) is 4. The zero-order valence-electron chi connectivity index (χ0n) is 14.1. The van der Waals surface area contributed by atoms with Crippen LogP contribution in [0.2, 0.25) is 0 Å². The molecule has 5 nitrogen and oxygen atoms in total. The van der Waals surface area contributed by atoms with Crippen molar-refractivity contribution in [1.82, 2.24) is 14.5 Å². The lowest BCUT2D eigenvalue weighted by Crippen LogP contribution is -2.39. The number of aliphatic hydroxyl groups is 1. The van der Waals surface area contributed by atoms with E-state index in [1.807, 2.05) is 33.0 Å². The van der Waals surface area contributed by atoms with E-state index in [0.717, 1.165) is 21.6 Å². The molecule has 1 amide bonds. The largest absolute Gasteiger partial charge is 0.395 e. The lowest BCUT2D eigenvalue weighted by molar-refractivity contribution is 0.0660. The van der Waals surface area contributed by atoms with Crippen LogP contribution in [0.25, 0.3) is 21.6 Å². The molecule has 0 unspecified atom stereocenters. The van der Waals surface area contributed by atoms with Crippen LogP contribution < -0.4 is 0 Å². The second-order valence-corrected chi connectivity index (χ2v) is 6.86. The number of fused-ring (bicyclic) bond motifs is 1. The Morgan fingerprint density at radius 2 is 2.12 bits per heavy atom. The summed E-state index contributed by atoms with van der Waals surface area (Å²) in [6.45, 7) is 4.14. The molecule has 6 heteroatoms. The summed E-state index contributed by atoms with van der Waals surface area (Å²) in [5.41, 5.74) is 2.57. The Morgan fingerprint density at radius 3 is 2.79 bits per heavy atom. The molecule has 0 bridgehead atoms. The molecular formula is C18H21N3O2S. The molecule has 1 N–H and O–H groups in total. The summed E-state index contributed by atoms with van der Waals surface area (Å²) >= 11 is 1.47. The van der Waals surface area contributed by atoms with Crippen molar-refractivity contribution < 1.29 is 9.90 Å². The molecule has 2 heterocycles. The monoisotopic (exact) mass is 343 g/mol. The summed E-state index contributed by atoms with van der Waals surface area (Å²) in [4.78, 5) is 18.8. The van der Waals surface area contributed by atoms with Gasteiger partial charge < -0.3 is 14.6 Å². The Hall–Kier alpha value is -2.18. The highest BCUT2D eigenvalue weighted by molar-refractivity contribution is 7.13. The van der Waals surface area contributed by atoms with Gasteiger partial charge in [-0.3, -0.25) is 4.79 Å². The number of carbonyl (C=O) groups excluding carboxylic acids is 1. The molecule has 3 aromatic rings. The first kappa shape index (κ1) is 16.7. The Kier molecular flexibility index (Phi) is 4.69. The van der Waals surface area contributed by atoms with Gasteiger partial charge in [0.1, 0.15) is 10.7 Å². The fourth-order valence-electron chi connectivity index (χ4n) is 2.83. The van der Waals surface area contributed by atoms with E-state index >= 15 is 0 Å². The van der Waals surface area contributed by atoms with Crippen molar-refractivity contribution >= 4 is 28.1 Å². The molecule has 126 valence electrons. The zero-order valence-corrected chi connectivity index (χ0v) is 14.9. The number of para-hydroxylation sites is 1. The summed E-state index contributed by atoms with van der Waals surface area (Å²) in [6, 6.07) is 10.3. The minimum absolute atomic E-state index is 0.0208.